The van der Waals surface area contributed by atoms with Gasteiger partial charge in [0.15, 0.2) is 5.69 Å². The Morgan fingerprint density at radius 1 is 1.47 bits per heavy atom. The highest BCUT2D eigenvalue weighted by atomic mass is 16.5. The van der Waals surface area contributed by atoms with E-state index in [-0.39, 0.29) is 11.4 Å². The number of aromatic nitrogens is 1. The quantitative estimate of drug-likeness (QED) is 0.822. The van der Waals surface area contributed by atoms with Crippen LogP contribution < -0.4 is 5.32 Å². The summed E-state index contributed by atoms with van der Waals surface area (Å²) < 4.78 is 5.02. The molecule has 0 fully saturated rings. The lowest BCUT2D eigenvalue weighted by molar-refractivity contribution is 0.0929. The zero-order valence-electron chi connectivity index (χ0n) is 12.6. The Kier molecular flexibility index (Phi) is 5.54. The van der Waals surface area contributed by atoms with Crippen molar-refractivity contribution in [2.24, 2.45) is 0 Å². The first-order valence-electron chi connectivity index (χ1n) is 6.85. The van der Waals surface area contributed by atoms with Crippen molar-refractivity contribution in [2.45, 2.75) is 46.1 Å². The van der Waals surface area contributed by atoms with E-state index in [0.29, 0.717) is 12.2 Å². The molecule has 1 N–H and O–H groups in total. The molecule has 0 saturated carbocycles. The summed E-state index contributed by atoms with van der Waals surface area (Å²) in [5.74, 6) is 0.564. The second kappa shape index (κ2) is 6.70. The van der Waals surface area contributed by atoms with Gasteiger partial charge in [0.1, 0.15) is 5.76 Å². The molecule has 1 aromatic rings. The number of hydrogen-bond acceptors (Lipinski definition) is 4. The van der Waals surface area contributed by atoms with Gasteiger partial charge in [0, 0.05) is 24.6 Å². The van der Waals surface area contributed by atoms with Gasteiger partial charge in [-0.25, -0.2) is 0 Å². The van der Waals surface area contributed by atoms with E-state index in [9.17, 15) is 4.79 Å². The summed E-state index contributed by atoms with van der Waals surface area (Å²) in [5, 5.41) is 6.64. The fourth-order valence-electron chi connectivity index (χ4n) is 1.78. The number of hydrogen-bond donors (Lipinski definition) is 1. The predicted octanol–water partition coefficient (Wildman–Crippen LogP) is 2.09. The molecule has 0 spiro atoms. The maximum absolute atomic E-state index is 11.9. The minimum absolute atomic E-state index is 0.0699. The van der Waals surface area contributed by atoms with E-state index in [0.717, 1.165) is 25.1 Å². The fraction of sp³-hybridized carbons (Fsp3) is 0.714. The number of amides is 1. The number of aryl methyl sites for hydroxylation is 1. The Hall–Kier alpha value is -1.36. The molecule has 0 aliphatic rings. The summed E-state index contributed by atoms with van der Waals surface area (Å²) in [4.78, 5) is 14.1. The van der Waals surface area contributed by atoms with E-state index in [1.54, 1.807) is 6.07 Å². The van der Waals surface area contributed by atoms with Crippen molar-refractivity contribution in [1.29, 1.82) is 0 Å². The molecule has 0 aliphatic heterocycles. The highest BCUT2D eigenvalue weighted by Crippen LogP contribution is 2.15. The van der Waals surface area contributed by atoms with E-state index in [1.807, 2.05) is 6.92 Å². The lowest BCUT2D eigenvalue weighted by atomic mass is 9.99. The number of nitrogens with one attached hydrogen (secondary N) is 1. The molecule has 19 heavy (non-hydrogen) atoms. The molecule has 0 radical (unpaired) electrons. The monoisotopic (exact) mass is 267 g/mol. The third-order valence-electron chi connectivity index (χ3n) is 3.67. The minimum Gasteiger partial charge on any atom is -0.361 e. The number of nitrogens with zero attached hydrogens (tertiary/aromatic N) is 2. The average molecular weight is 267 g/mol. The molecule has 0 saturated heterocycles. The molecule has 1 heterocycles. The van der Waals surface area contributed by atoms with E-state index in [4.69, 9.17) is 4.52 Å². The Morgan fingerprint density at radius 3 is 2.68 bits per heavy atom. The SMILES string of the molecule is CCc1cc(C(=O)NCCC(C)(C)N(C)CC)no1. The van der Waals surface area contributed by atoms with Crippen LogP contribution in [0.1, 0.15) is 50.4 Å². The zero-order valence-corrected chi connectivity index (χ0v) is 12.6. The lowest BCUT2D eigenvalue weighted by Gasteiger charge is -2.34. The van der Waals surface area contributed by atoms with Gasteiger partial charge in [-0.1, -0.05) is 19.0 Å². The van der Waals surface area contributed by atoms with Crippen molar-refractivity contribution in [1.82, 2.24) is 15.4 Å². The van der Waals surface area contributed by atoms with E-state index in [1.165, 1.54) is 0 Å². The number of carbonyl (C=O) groups excluding carboxylic acids is 1. The standard InChI is InChI=1S/C14H25N3O2/c1-6-11-10-12(16-19-11)13(18)15-9-8-14(3,4)17(5)7-2/h10H,6-9H2,1-5H3,(H,15,18). The highest BCUT2D eigenvalue weighted by molar-refractivity contribution is 5.92. The van der Waals surface area contributed by atoms with Gasteiger partial charge in [0.05, 0.1) is 0 Å². The van der Waals surface area contributed by atoms with Gasteiger partial charge in [-0.2, -0.15) is 0 Å². The fourth-order valence-corrected chi connectivity index (χ4v) is 1.78. The van der Waals surface area contributed by atoms with Crippen molar-refractivity contribution >= 4 is 5.91 Å². The van der Waals surface area contributed by atoms with Crippen molar-refractivity contribution in [3.8, 4) is 0 Å². The summed E-state index contributed by atoms with van der Waals surface area (Å²) in [6.45, 7) is 10.1. The molecule has 0 aliphatic carbocycles. The molecule has 1 aromatic heterocycles. The molecule has 0 bridgehead atoms. The molecule has 0 atom stereocenters. The van der Waals surface area contributed by atoms with Crippen LogP contribution in [0.25, 0.3) is 0 Å². The first-order chi connectivity index (χ1) is 8.90. The maximum atomic E-state index is 11.9. The van der Waals surface area contributed by atoms with Crippen molar-refractivity contribution in [3.05, 3.63) is 17.5 Å². The maximum Gasteiger partial charge on any atom is 0.273 e. The van der Waals surface area contributed by atoms with Crippen LogP contribution in [0.4, 0.5) is 0 Å². The highest BCUT2D eigenvalue weighted by Gasteiger charge is 2.22. The minimum atomic E-state index is -0.168. The summed E-state index contributed by atoms with van der Waals surface area (Å²) in [6.07, 6.45) is 1.64. The Balaban J connectivity index is 2.43. The van der Waals surface area contributed by atoms with E-state index < -0.39 is 0 Å². The van der Waals surface area contributed by atoms with Crippen LogP contribution in [-0.4, -0.2) is 41.6 Å². The van der Waals surface area contributed by atoms with Crippen LogP contribution >= 0.6 is 0 Å². The summed E-state index contributed by atoms with van der Waals surface area (Å²) in [5.41, 5.74) is 0.430. The van der Waals surface area contributed by atoms with Gasteiger partial charge in [-0.05, 0) is 33.9 Å². The molecule has 0 aromatic carbocycles. The van der Waals surface area contributed by atoms with Gasteiger partial charge in [-0.3, -0.25) is 4.79 Å². The van der Waals surface area contributed by atoms with Gasteiger partial charge in [0.25, 0.3) is 5.91 Å². The molecule has 5 heteroatoms. The van der Waals surface area contributed by atoms with Gasteiger partial charge in [-0.15, -0.1) is 0 Å². The normalized spacial score (nSPS) is 11.9. The second-order valence-electron chi connectivity index (χ2n) is 5.36. The van der Waals surface area contributed by atoms with Crippen LogP contribution in [0.15, 0.2) is 10.6 Å². The third kappa shape index (κ3) is 4.35. The van der Waals surface area contributed by atoms with Crippen LogP contribution in [0.3, 0.4) is 0 Å². The molecule has 1 amide bonds. The smallest absolute Gasteiger partial charge is 0.273 e. The second-order valence-corrected chi connectivity index (χ2v) is 5.36. The molecule has 5 nitrogen and oxygen atoms in total. The van der Waals surface area contributed by atoms with E-state index >= 15 is 0 Å². The molecule has 1 rings (SSSR count). The predicted molar refractivity (Wildman–Crippen MR) is 75.2 cm³/mol. The average Bonchev–Trinajstić information content (AvgIpc) is 2.86. The Morgan fingerprint density at radius 2 is 2.16 bits per heavy atom. The first-order valence-corrected chi connectivity index (χ1v) is 6.85. The topological polar surface area (TPSA) is 58.4 Å². The summed E-state index contributed by atoms with van der Waals surface area (Å²) in [7, 11) is 2.09. The Labute approximate surface area is 115 Å². The molecule has 0 unspecified atom stereocenters. The van der Waals surface area contributed by atoms with Crippen molar-refractivity contribution in [2.75, 3.05) is 20.1 Å². The van der Waals surface area contributed by atoms with Gasteiger partial charge in [0.2, 0.25) is 0 Å². The van der Waals surface area contributed by atoms with Crippen LogP contribution in [0, 0.1) is 0 Å². The van der Waals surface area contributed by atoms with Gasteiger partial charge < -0.3 is 14.7 Å². The largest absolute Gasteiger partial charge is 0.361 e. The summed E-state index contributed by atoms with van der Waals surface area (Å²) >= 11 is 0. The summed E-state index contributed by atoms with van der Waals surface area (Å²) in [6, 6.07) is 1.69. The van der Waals surface area contributed by atoms with Crippen molar-refractivity contribution in [3.63, 3.8) is 0 Å². The van der Waals surface area contributed by atoms with Gasteiger partial charge >= 0.3 is 0 Å². The van der Waals surface area contributed by atoms with Crippen LogP contribution in [0.5, 0.6) is 0 Å². The molecular weight excluding hydrogens is 242 g/mol. The van der Waals surface area contributed by atoms with Crippen LogP contribution in [-0.2, 0) is 6.42 Å². The van der Waals surface area contributed by atoms with Crippen molar-refractivity contribution < 1.29 is 9.32 Å². The lowest BCUT2D eigenvalue weighted by Crippen LogP contribution is -2.43. The first kappa shape index (κ1) is 15.7. The number of rotatable bonds is 7. The zero-order chi connectivity index (χ0) is 14.5. The van der Waals surface area contributed by atoms with Crippen LogP contribution in [0.2, 0.25) is 0 Å². The van der Waals surface area contributed by atoms with E-state index in [2.05, 4.69) is 43.2 Å². The number of carbonyl (C=O) groups is 1. The third-order valence-corrected chi connectivity index (χ3v) is 3.67. The molecule has 108 valence electrons. The molecular formula is C14H25N3O2. The Bertz CT molecular complexity index is 413.